The molecule has 8 heteroatoms. The van der Waals surface area contributed by atoms with E-state index in [-0.39, 0.29) is 0 Å². The molecule has 0 bridgehead atoms. The zero-order valence-corrected chi connectivity index (χ0v) is 14.4. The predicted octanol–water partition coefficient (Wildman–Crippen LogP) is 4.15. The summed E-state index contributed by atoms with van der Waals surface area (Å²) in [5.74, 6) is 0.745. The number of aliphatic imine (C=N–C) groups is 1. The highest BCUT2D eigenvalue weighted by Crippen LogP contribution is 2.40. The molecule has 1 aromatic carbocycles. The minimum atomic E-state index is -4.38. The largest absolute Gasteiger partial charge is 0.416 e. The molecule has 2 aromatic rings. The van der Waals surface area contributed by atoms with Crippen molar-refractivity contribution in [3.63, 3.8) is 0 Å². The van der Waals surface area contributed by atoms with Crippen molar-refractivity contribution in [1.82, 2.24) is 9.80 Å². The van der Waals surface area contributed by atoms with Gasteiger partial charge in [0, 0.05) is 36.9 Å². The first-order valence-corrected chi connectivity index (χ1v) is 8.93. The van der Waals surface area contributed by atoms with E-state index in [1.165, 1.54) is 6.07 Å². The van der Waals surface area contributed by atoms with Crippen LogP contribution in [-0.2, 0) is 6.18 Å². The second kappa shape index (κ2) is 6.03. The van der Waals surface area contributed by atoms with Gasteiger partial charge in [-0.25, -0.2) is 4.99 Å². The average Bonchev–Trinajstić information content (AvgIpc) is 2.96. The number of halogens is 3. The van der Waals surface area contributed by atoms with Gasteiger partial charge in [0.1, 0.15) is 5.84 Å². The number of amidine groups is 1. The molecular formula is C17H17F3N4S. The maximum absolute atomic E-state index is 13.1. The van der Waals surface area contributed by atoms with Crippen molar-refractivity contribution in [1.29, 1.82) is 0 Å². The normalized spacial score (nSPS) is 18.1. The number of likely N-dealkylation sites (N-methyl/N-ethyl adjacent to an activating group) is 1. The number of nitrogens with zero attached hydrogens (tertiary/aromatic N) is 3. The Morgan fingerprint density at radius 2 is 1.84 bits per heavy atom. The van der Waals surface area contributed by atoms with Crippen LogP contribution < -0.4 is 5.32 Å². The maximum atomic E-state index is 13.1. The molecule has 0 unspecified atom stereocenters. The van der Waals surface area contributed by atoms with E-state index in [2.05, 4.69) is 27.2 Å². The van der Waals surface area contributed by atoms with Gasteiger partial charge in [-0.3, -0.25) is 0 Å². The van der Waals surface area contributed by atoms with Gasteiger partial charge in [-0.1, -0.05) is 0 Å². The maximum Gasteiger partial charge on any atom is 0.416 e. The van der Waals surface area contributed by atoms with E-state index in [9.17, 15) is 13.2 Å². The van der Waals surface area contributed by atoms with Gasteiger partial charge in [0.05, 0.1) is 28.2 Å². The Balaban J connectivity index is 1.80. The SMILES string of the molecule is CN1CCN(C2=Nc3cc(C(F)(F)F)ccc3Nc3cscc32)CC1. The van der Waals surface area contributed by atoms with E-state index in [1.807, 2.05) is 10.8 Å². The van der Waals surface area contributed by atoms with Crippen LogP contribution in [0.4, 0.5) is 30.2 Å². The second-order valence-electron chi connectivity index (χ2n) is 6.28. The van der Waals surface area contributed by atoms with Crippen LogP contribution in [0.5, 0.6) is 0 Å². The summed E-state index contributed by atoms with van der Waals surface area (Å²) in [6, 6.07) is 3.66. The molecule has 2 aliphatic heterocycles. The molecule has 1 N–H and O–H groups in total. The number of nitrogens with one attached hydrogen (secondary N) is 1. The lowest BCUT2D eigenvalue weighted by molar-refractivity contribution is -0.137. The summed E-state index contributed by atoms with van der Waals surface area (Å²) in [5.41, 5.74) is 2.07. The number of thiophene rings is 1. The van der Waals surface area contributed by atoms with Gasteiger partial charge < -0.3 is 15.1 Å². The lowest BCUT2D eigenvalue weighted by atomic mass is 10.1. The van der Waals surface area contributed by atoms with Crippen molar-refractivity contribution in [2.75, 3.05) is 38.5 Å². The third kappa shape index (κ3) is 3.11. The number of anilines is 2. The summed E-state index contributed by atoms with van der Waals surface area (Å²) in [4.78, 5) is 9.03. The Hall–Kier alpha value is -2.06. The fourth-order valence-electron chi connectivity index (χ4n) is 3.05. The summed E-state index contributed by atoms with van der Waals surface area (Å²) in [6.07, 6.45) is -4.38. The standard InChI is InChI=1S/C17H17F3N4S/c1-23-4-6-24(7-5-23)16-12-9-25-10-15(12)21-13-3-2-11(17(18,19)20)8-14(13)22-16/h2-3,8-10,21H,4-7H2,1H3. The number of rotatable bonds is 0. The predicted molar refractivity (Wildman–Crippen MR) is 94.3 cm³/mol. The van der Waals surface area contributed by atoms with Gasteiger partial charge in [-0.2, -0.15) is 13.2 Å². The molecule has 4 nitrogen and oxygen atoms in total. The molecule has 0 aliphatic carbocycles. The first-order valence-electron chi connectivity index (χ1n) is 7.99. The minimum Gasteiger partial charge on any atom is -0.353 e. The molecule has 1 fully saturated rings. The number of fused-ring (bicyclic) bond motifs is 2. The van der Waals surface area contributed by atoms with Gasteiger partial charge in [0.15, 0.2) is 0 Å². The van der Waals surface area contributed by atoms with E-state index in [1.54, 1.807) is 11.3 Å². The number of hydrogen-bond acceptors (Lipinski definition) is 5. The first kappa shape index (κ1) is 16.4. The quantitative estimate of drug-likeness (QED) is 0.760. The molecule has 132 valence electrons. The Kier molecular flexibility index (Phi) is 3.96. The van der Waals surface area contributed by atoms with Gasteiger partial charge >= 0.3 is 6.18 Å². The summed E-state index contributed by atoms with van der Waals surface area (Å²) < 4.78 is 39.2. The van der Waals surface area contributed by atoms with Gasteiger partial charge in [-0.15, -0.1) is 11.3 Å². The fourth-order valence-corrected chi connectivity index (χ4v) is 3.81. The van der Waals surface area contributed by atoms with Crippen molar-refractivity contribution < 1.29 is 13.2 Å². The Morgan fingerprint density at radius 1 is 1.08 bits per heavy atom. The van der Waals surface area contributed by atoms with Crippen molar-refractivity contribution in [3.8, 4) is 0 Å². The average molecular weight is 366 g/mol. The molecule has 0 saturated carbocycles. The van der Waals surface area contributed by atoms with Crippen LogP contribution in [0.1, 0.15) is 11.1 Å². The topological polar surface area (TPSA) is 30.9 Å². The monoisotopic (exact) mass is 366 g/mol. The van der Waals surface area contributed by atoms with E-state index in [4.69, 9.17) is 0 Å². The van der Waals surface area contributed by atoms with Crippen LogP contribution in [0.15, 0.2) is 34.0 Å². The highest BCUT2D eigenvalue weighted by molar-refractivity contribution is 7.08. The summed E-state index contributed by atoms with van der Waals surface area (Å²) >= 11 is 1.55. The molecule has 0 radical (unpaired) electrons. The zero-order valence-electron chi connectivity index (χ0n) is 13.6. The minimum absolute atomic E-state index is 0.324. The van der Waals surface area contributed by atoms with Crippen molar-refractivity contribution in [2.24, 2.45) is 4.99 Å². The van der Waals surface area contributed by atoms with Gasteiger partial charge in [0.2, 0.25) is 0 Å². The van der Waals surface area contributed by atoms with Gasteiger partial charge in [-0.05, 0) is 25.2 Å². The van der Waals surface area contributed by atoms with E-state index in [0.717, 1.165) is 55.4 Å². The molecule has 25 heavy (non-hydrogen) atoms. The third-order valence-electron chi connectivity index (χ3n) is 4.53. The van der Waals surface area contributed by atoms with Crippen LogP contribution >= 0.6 is 11.3 Å². The van der Waals surface area contributed by atoms with Crippen LogP contribution in [-0.4, -0.2) is 48.9 Å². The molecule has 2 aliphatic rings. The Morgan fingerprint density at radius 3 is 2.56 bits per heavy atom. The molecule has 1 aromatic heterocycles. The molecule has 1 saturated heterocycles. The molecular weight excluding hydrogens is 349 g/mol. The smallest absolute Gasteiger partial charge is 0.353 e. The highest BCUT2D eigenvalue weighted by Gasteiger charge is 2.32. The number of alkyl halides is 3. The molecule has 0 spiro atoms. The molecule has 0 atom stereocenters. The van der Waals surface area contributed by atoms with Crippen molar-refractivity contribution in [2.45, 2.75) is 6.18 Å². The summed E-state index contributed by atoms with van der Waals surface area (Å²) in [5, 5.41) is 7.19. The fraction of sp³-hybridized carbons (Fsp3) is 0.353. The Labute approximate surface area is 147 Å². The summed E-state index contributed by atoms with van der Waals surface area (Å²) in [7, 11) is 2.06. The van der Waals surface area contributed by atoms with Crippen molar-refractivity contribution in [3.05, 3.63) is 40.1 Å². The van der Waals surface area contributed by atoms with Crippen LogP contribution in [0.2, 0.25) is 0 Å². The summed E-state index contributed by atoms with van der Waals surface area (Å²) in [6.45, 7) is 3.42. The zero-order chi connectivity index (χ0) is 17.6. The van der Waals surface area contributed by atoms with Crippen LogP contribution in [0, 0.1) is 0 Å². The number of hydrogen-bond donors (Lipinski definition) is 1. The molecule has 4 rings (SSSR count). The number of benzene rings is 1. The Bertz CT molecular complexity index is 820. The second-order valence-corrected chi connectivity index (χ2v) is 7.02. The number of piperazine rings is 1. The lowest BCUT2D eigenvalue weighted by Crippen LogP contribution is -2.47. The molecule has 0 amide bonds. The van der Waals surface area contributed by atoms with E-state index in [0.29, 0.717) is 11.4 Å². The first-order chi connectivity index (χ1) is 11.9. The van der Waals surface area contributed by atoms with Gasteiger partial charge in [0.25, 0.3) is 0 Å². The molecule has 3 heterocycles. The van der Waals surface area contributed by atoms with Crippen LogP contribution in [0.25, 0.3) is 0 Å². The third-order valence-corrected chi connectivity index (χ3v) is 5.27. The lowest BCUT2D eigenvalue weighted by Gasteiger charge is -2.34. The van der Waals surface area contributed by atoms with E-state index < -0.39 is 11.7 Å². The van der Waals surface area contributed by atoms with E-state index >= 15 is 0 Å². The van der Waals surface area contributed by atoms with Crippen LogP contribution in [0.3, 0.4) is 0 Å². The van der Waals surface area contributed by atoms with Crippen molar-refractivity contribution >= 4 is 34.2 Å². The highest BCUT2D eigenvalue weighted by atomic mass is 32.1.